The molecule has 0 saturated heterocycles. The lowest BCUT2D eigenvalue weighted by molar-refractivity contribution is 0.406. The maximum Gasteiger partial charge on any atom is 0.122 e. The van der Waals surface area contributed by atoms with Gasteiger partial charge in [0.2, 0.25) is 0 Å². The van der Waals surface area contributed by atoms with Crippen molar-refractivity contribution in [3.63, 3.8) is 0 Å². The van der Waals surface area contributed by atoms with Crippen LogP contribution in [-0.2, 0) is 0 Å². The summed E-state index contributed by atoms with van der Waals surface area (Å²) in [5.74, 6) is 1.24. The van der Waals surface area contributed by atoms with Gasteiger partial charge in [-0.15, -0.1) is 0 Å². The van der Waals surface area contributed by atoms with Crippen molar-refractivity contribution < 1.29 is 4.74 Å². The van der Waals surface area contributed by atoms with Gasteiger partial charge in [-0.2, -0.15) is 0 Å². The number of benzene rings is 1. The van der Waals surface area contributed by atoms with E-state index in [1.807, 2.05) is 13.0 Å². The smallest absolute Gasteiger partial charge is 0.122 e. The maximum atomic E-state index is 5.64. The first-order valence-corrected chi connectivity index (χ1v) is 5.43. The zero-order valence-corrected chi connectivity index (χ0v) is 10.4. The zero-order valence-electron chi connectivity index (χ0n) is 8.80. The van der Waals surface area contributed by atoms with E-state index in [-0.39, 0.29) is 0 Å². The van der Waals surface area contributed by atoms with Crippen molar-refractivity contribution in [3.05, 3.63) is 27.7 Å². The Kier molecular flexibility index (Phi) is 3.96. The predicted octanol–water partition coefficient (Wildman–Crippen LogP) is 2.83. The van der Waals surface area contributed by atoms with Gasteiger partial charge < -0.3 is 10.5 Å². The van der Waals surface area contributed by atoms with E-state index in [2.05, 4.69) is 28.9 Å². The minimum absolute atomic E-state index is 0.321. The molecule has 1 unspecified atom stereocenters. The van der Waals surface area contributed by atoms with Crippen molar-refractivity contribution in [1.29, 1.82) is 0 Å². The van der Waals surface area contributed by atoms with Gasteiger partial charge in [-0.3, -0.25) is 0 Å². The molecule has 0 aromatic heterocycles. The Balaban J connectivity index is 3.19. The average Bonchev–Trinajstić information content (AvgIpc) is 2.20. The van der Waals surface area contributed by atoms with E-state index in [0.29, 0.717) is 12.5 Å². The Morgan fingerprint density at radius 3 is 2.64 bits per heavy atom. The second kappa shape index (κ2) is 4.80. The van der Waals surface area contributed by atoms with Gasteiger partial charge >= 0.3 is 0 Å². The van der Waals surface area contributed by atoms with E-state index in [9.17, 15) is 0 Å². The van der Waals surface area contributed by atoms with Gasteiger partial charge in [0.25, 0.3) is 0 Å². The summed E-state index contributed by atoms with van der Waals surface area (Å²) < 4.78 is 6.43. The summed E-state index contributed by atoms with van der Waals surface area (Å²) in [6, 6.07) is 4.12. The number of aryl methyl sites for hydroxylation is 1. The third kappa shape index (κ3) is 2.28. The molecule has 0 fully saturated rings. The molecule has 0 bridgehead atoms. The van der Waals surface area contributed by atoms with Crippen LogP contribution in [0.2, 0.25) is 0 Å². The first-order valence-electron chi connectivity index (χ1n) is 4.64. The van der Waals surface area contributed by atoms with Gasteiger partial charge in [-0.25, -0.2) is 0 Å². The highest BCUT2D eigenvalue weighted by atomic mass is 79.9. The molecular formula is C11H16BrNO. The molecule has 3 heteroatoms. The molecule has 0 aliphatic carbocycles. The lowest BCUT2D eigenvalue weighted by Gasteiger charge is -2.15. The number of nitrogens with two attached hydrogens (primary N) is 1. The summed E-state index contributed by atoms with van der Waals surface area (Å²) in [5.41, 5.74) is 7.98. The molecular weight excluding hydrogens is 242 g/mol. The van der Waals surface area contributed by atoms with E-state index < -0.39 is 0 Å². The van der Waals surface area contributed by atoms with Crippen LogP contribution in [0.3, 0.4) is 0 Å². The van der Waals surface area contributed by atoms with Gasteiger partial charge in [0, 0.05) is 4.47 Å². The summed E-state index contributed by atoms with van der Waals surface area (Å²) >= 11 is 3.51. The number of rotatable bonds is 3. The van der Waals surface area contributed by atoms with Gasteiger partial charge in [0.15, 0.2) is 0 Å². The Hall–Kier alpha value is -0.540. The monoisotopic (exact) mass is 257 g/mol. The van der Waals surface area contributed by atoms with E-state index >= 15 is 0 Å². The van der Waals surface area contributed by atoms with Gasteiger partial charge in [0.1, 0.15) is 5.75 Å². The van der Waals surface area contributed by atoms with Crippen LogP contribution < -0.4 is 10.5 Å². The first-order chi connectivity index (χ1) is 6.60. The highest BCUT2D eigenvalue weighted by molar-refractivity contribution is 9.10. The lowest BCUT2D eigenvalue weighted by Crippen LogP contribution is -2.10. The highest BCUT2D eigenvalue weighted by Gasteiger charge is 2.11. The van der Waals surface area contributed by atoms with Crippen LogP contribution in [0, 0.1) is 6.92 Å². The summed E-state index contributed by atoms with van der Waals surface area (Å²) in [4.78, 5) is 0. The minimum Gasteiger partial charge on any atom is -0.496 e. The molecule has 0 radical (unpaired) electrons. The quantitative estimate of drug-likeness (QED) is 0.904. The van der Waals surface area contributed by atoms with Gasteiger partial charge in [-0.05, 0) is 42.6 Å². The number of halogens is 1. The third-order valence-corrected chi connectivity index (χ3v) is 3.25. The largest absolute Gasteiger partial charge is 0.496 e. The van der Waals surface area contributed by atoms with E-state index in [1.165, 1.54) is 5.56 Å². The molecule has 0 amide bonds. The van der Waals surface area contributed by atoms with Crippen LogP contribution in [0.5, 0.6) is 5.75 Å². The van der Waals surface area contributed by atoms with Gasteiger partial charge in [0.05, 0.1) is 7.11 Å². The van der Waals surface area contributed by atoms with Crippen molar-refractivity contribution >= 4 is 15.9 Å². The fourth-order valence-corrected chi connectivity index (χ4v) is 1.72. The Morgan fingerprint density at radius 1 is 1.50 bits per heavy atom. The van der Waals surface area contributed by atoms with Crippen LogP contribution in [0.25, 0.3) is 0 Å². The molecule has 14 heavy (non-hydrogen) atoms. The van der Waals surface area contributed by atoms with E-state index in [1.54, 1.807) is 7.11 Å². The molecule has 0 heterocycles. The summed E-state index contributed by atoms with van der Waals surface area (Å²) in [5, 5.41) is 0. The Labute approximate surface area is 93.6 Å². The number of methoxy groups -OCH3 is 1. The summed E-state index contributed by atoms with van der Waals surface area (Å²) in [6.45, 7) is 4.77. The van der Waals surface area contributed by atoms with E-state index in [4.69, 9.17) is 10.5 Å². The molecule has 0 spiro atoms. The van der Waals surface area contributed by atoms with Crippen LogP contribution in [0.15, 0.2) is 16.6 Å². The Morgan fingerprint density at radius 2 is 2.14 bits per heavy atom. The predicted molar refractivity (Wildman–Crippen MR) is 62.9 cm³/mol. The van der Waals surface area contributed by atoms with Crippen molar-refractivity contribution in [2.75, 3.05) is 13.7 Å². The molecule has 0 aliphatic heterocycles. The zero-order chi connectivity index (χ0) is 10.7. The third-order valence-electron chi connectivity index (χ3n) is 2.40. The van der Waals surface area contributed by atoms with Crippen LogP contribution >= 0.6 is 15.9 Å². The molecule has 0 saturated carbocycles. The number of hydrogen-bond acceptors (Lipinski definition) is 2. The molecule has 78 valence electrons. The molecule has 1 atom stereocenters. The average molecular weight is 258 g/mol. The highest BCUT2D eigenvalue weighted by Crippen LogP contribution is 2.31. The Bertz CT molecular complexity index is 325. The second-order valence-electron chi connectivity index (χ2n) is 3.48. The lowest BCUT2D eigenvalue weighted by atomic mass is 9.99. The summed E-state index contributed by atoms with van der Waals surface area (Å²) in [7, 11) is 1.69. The topological polar surface area (TPSA) is 35.2 Å². The summed E-state index contributed by atoms with van der Waals surface area (Å²) in [6.07, 6.45) is 0. The fraction of sp³-hybridized carbons (Fsp3) is 0.455. The van der Waals surface area contributed by atoms with Gasteiger partial charge in [-0.1, -0.05) is 22.9 Å². The molecule has 1 rings (SSSR count). The molecule has 1 aromatic rings. The van der Waals surface area contributed by atoms with Crippen molar-refractivity contribution in [3.8, 4) is 5.75 Å². The second-order valence-corrected chi connectivity index (χ2v) is 4.33. The maximum absolute atomic E-state index is 5.64. The van der Waals surface area contributed by atoms with E-state index in [0.717, 1.165) is 15.8 Å². The van der Waals surface area contributed by atoms with Crippen molar-refractivity contribution in [2.45, 2.75) is 19.8 Å². The minimum atomic E-state index is 0.321. The number of hydrogen-bond donors (Lipinski definition) is 1. The first kappa shape index (κ1) is 11.5. The number of ether oxygens (including phenoxy) is 1. The molecule has 1 aromatic carbocycles. The molecule has 2 nitrogen and oxygen atoms in total. The van der Waals surface area contributed by atoms with Crippen molar-refractivity contribution in [1.82, 2.24) is 0 Å². The molecule has 2 N–H and O–H groups in total. The fourth-order valence-electron chi connectivity index (χ4n) is 1.36. The normalized spacial score (nSPS) is 12.6. The standard InChI is InChI=1S/C11H16BrNO/c1-7-4-11(14-3)9(5-10(7)12)8(2)6-13/h4-5,8H,6,13H2,1-3H3. The van der Waals surface area contributed by atoms with Crippen molar-refractivity contribution in [2.24, 2.45) is 5.73 Å². The molecule has 0 aliphatic rings. The van der Waals surface area contributed by atoms with Crippen LogP contribution in [-0.4, -0.2) is 13.7 Å². The van der Waals surface area contributed by atoms with Crippen LogP contribution in [0.1, 0.15) is 24.0 Å². The van der Waals surface area contributed by atoms with Crippen LogP contribution in [0.4, 0.5) is 0 Å². The SMILES string of the molecule is COc1cc(C)c(Br)cc1C(C)CN.